The standard InChI is InChI=1S/C13H21N3O2S/c1-16(10-11-8-12(14)9-11)19(17,18)7-5-13-4-2-3-6-15-13/h2-4,6,11-12H,5,7-10,14H2,1H3. The number of sulfonamides is 1. The van der Waals surface area contributed by atoms with E-state index in [1.807, 2.05) is 18.2 Å². The predicted octanol–water partition coefficient (Wildman–Crippen LogP) is 0.623. The van der Waals surface area contributed by atoms with E-state index in [4.69, 9.17) is 5.73 Å². The van der Waals surface area contributed by atoms with Crippen LogP contribution in [0.25, 0.3) is 0 Å². The summed E-state index contributed by atoms with van der Waals surface area (Å²) in [5.41, 5.74) is 6.52. The van der Waals surface area contributed by atoms with Crippen LogP contribution in [0.1, 0.15) is 18.5 Å². The molecule has 1 saturated carbocycles. The van der Waals surface area contributed by atoms with Gasteiger partial charge in [-0.2, -0.15) is 0 Å². The molecule has 1 aliphatic carbocycles. The van der Waals surface area contributed by atoms with E-state index in [9.17, 15) is 8.42 Å². The molecule has 1 fully saturated rings. The molecule has 19 heavy (non-hydrogen) atoms. The van der Waals surface area contributed by atoms with Gasteiger partial charge >= 0.3 is 0 Å². The first-order chi connectivity index (χ1) is 8.97. The summed E-state index contributed by atoms with van der Waals surface area (Å²) >= 11 is 0. The first-order valence-corrected chi connectivity index (χ1v) is 8.18. The van der Waals surface area contributed by atoms with Crippen LogP contribution < -0.4 is 5.73 Å². The van der Waals surface area contributed by atoms with Gasteiger partial charge in [-0.1, -0.05) is 6.07 Å². The van der Waals surface area contributed by atoms with Crippen LogP contribution >= 0.6 is 0 Å². The maximum Gasteiger partial charge on any atom is 0.214 e. The van der Waals surface area contributed by atoms with E-state index in [2.05, 4.69) is 4.98 Å². The zero-order valence-corrected chi connectivity index (χ0v) is 12.0. The Morgan fingerprint density at radius 1 is 1.42 bits per heavy atom. The van der Waals surface area contributed by atoms with E-state index in [0.29, 0.717) is 18.9 Å². The van der Waals surface area contributed by atoms with Gasteiger partial charge in [-0.15, -0.1) is 0 Å². The average Bonchev–Trinajstić information content (AvgIpc) is 2.36. The molecule has 6 heteroatoms. The minimum atomic E-state index is -3.19. The van der Waals surface area contributed by atoms with E-state index in [0.717, 1.165) is 18.5 Å². The highest BCUT2D eigenvalue weighted by molar-refractivity contribution is 7.89. The van der Waals surface area contributed by atoms with Crippen molar-refractivity contribution in [2.45, 2.75) is 25.3 Å². The van der Waals surface area contributed by atoms with Crippen molar-refractivity contribution in [2.24, 2.45) is 11.7 Å². The number of rotatable bonds is 6. The molecule has 0 bridgehead atoms. The quantitative estimate of drug-likeness (QED) is 0.830. The van der Waals surface area contributed by atoms with E-state index >= 15 is 0 Å². The number of aryl methyl sites for hydroxylation is 1. The van der Waals surface area contributed by atoms with Crippen molar-refractivity contribution < 1.29 is 8.42 Å². The van der Waals surface area contributed by atoms with Gasteiger partial charge in [0.15, 0.2) is 0 Å². The molecule has 1 aromatic rings. The van der Waals surface area contributed by atoms with Gasteiger partial charge in [0.05, 0.1) is 5.75 Å². The molecule has 0 unspecified atom stereocenters. The van der Waals surface area contributed by atoms with Gasteiger partial charge in [0, 0.05) is 37.9 Å². The Morgan fingerprint density at radius 2 is 2.16 bits per heavy atom. The molecule has 5 nitrogen and oxygen atoms in total. The van der Waals surface area contributed by atoms with Crippen molar-refractivity contribution >= 4 is 10.0 Å². The molecular weight excluding hydrogens is 262 g/mol. The number of aromatic nitrogens is 1. The molecule has 0 amide bonds. The Hall–Kier alpha value is -0.980. The summed E-state index contributed by atoms with van der Waals surface area (Å²) in [7, 11) is -1.54. The fourth-order valence-corrected chi connectivity index (χ4v) is 3.57. The molecule has 0 radical (unpaired) electrons. The maximum absolute atomic E-state index is 12.1. The number of nitrogens with zero attached hydrogens (tertiary/aromatic N) is 2. The van der Waals surface area contributed by atoms with E-state index < -0.39 is 10.0 Å². The van der Waals surface area contributed by atoms with Crippen LogP contribution in [0.4, 0.5) is 0 Å². The first kappa shape index (κ1) is 14.4. The second kappa shape index (κ2) is 5.98. The van der Waals surface area contributed by atoms with Crippen molar-refractivity contribution in [3.05, 3.63) is 30.1 Å². The number of nitrogens with two attached hydrogens (primary N) is 1. The molecule has 1 aromatic heterocycles. The Balaban J connectivity index is 1.84. The van der Waals surface area contributed by atoms with Crippen molar-refractivity contribution in [1.82, 2.24) is 9.29 Å². The lowest BCUT2D eigenvalue weighted by atomic mass is 9.81. The molecule has 0 aromatic carbocycles. The third kappa shape index (κ3) is 3.99. The lowest BCUT2D eigenvalue weighted by Gasteiger charge is -2.34. The number of hydrogen-bond donors (Lipinski definition) is 1. The first-order valence-electron chi connectivity index (χ1n) is 6.57. The Kier molecular flexibility index (Phi) is 4.54. The van der Waals surface area contributed by atoms with E-state index in [1.165, 1.54) is 4.31 Å². The fraction of sp³-hybridized carbons (Fsp3) is 0.615. The van der Waals surface area contributed by atoms with Crippen molar-refractivity contribution in [3.8, 4) is 0 Å². The summed E-state index contributed by atoms with van der Waals surface area (Å²) < 4.78 is 25.7. The summed E-state index contributed by atoms with van der Waals surface area (Å²) in [4.78, 5) is 4.14. The Morgan fingerprint density at radius 3 is 2.74 bits per heavy atom. The van der Waals surface area contributed by atoms with Gasteiger partial charge < -0.3 is 5.73 Å². The number of pyridine rings is 1. The van der Waals surface area contributed by atoms with Gasteiger partial charge in [0.25, 0.3) is 0 Å². The van der Waals surface area contributed by atoms with Crippen molar-refractivity contribution in [2.75, 3.05) is 19.3 Å². The highest BCUT2D eigenvalue weighted by Crippen LogP contribution is 2.26. The van der Waals surface area contributed by atoms with Crippen molar-refractivity contribution in [1.29, 1.82) is 0 Å². The maximum atomic E-state index is 12.1. The molecule has 0 aliphatic heterocycles. The normalized spacial score (nSPS) is 23.3. The van der Waals surface area contributed by atoms with Crippen LogP contribution in [0, 0.1) is 5.92 Å². The monoisotopic (exact) mass is 283 g/mol. The van der Waals surface area contributed by atoms with Crippen LogP contribution in [0.3, 0.4) is 0 Å². The smallest absolute Gasteiger partial charge is 0.214 e. The Labute approximate surface area is 114 Å². The second-order valence-electron chi connectivity index (χ2n) is 5.27. The van der Waals surface area contributed by atoms with Crippen LogP contribution in [0.2, 0.25) is 0 Å². The van der Waals surface area contributed by atoms with Gasteiger partial charge in [-0.25, -0.2) is 12.7 Å². The average molecular weight is 283 g/mol. The Bertz CT molecular complexity index is 498. The molecule has 106 valence electrons. The van der Waals surface area contributed by atoms with E-state index in [1.54, 1.807) is 13.2 Å². The largest absolute Gasteiger partial charge is 0.328 e. The lowest BCUT2D eigenvalue weighted by Crippen LogP contribution is -2.43. The molecule has 2 rings (SSSR count). The third-order valence-electron chi connectivity index (χ3n) is 3.60. The van der Waals surface area contributed by atoms with Crippen LogP contribution in [-0.4, -0.2) is 43.1 Å². The van der Waals surface area contributed by atoms with Gasteiger partial charge in [0.2, 0.25) is 10.0 Å². The zero-order chi connectivity index (χ0) is 13.9. The summed E-state index contributed by atoms with van der Waals surface area (Å²) in [6, 6.07) is 5.80. The molecule has 0 saturated heterocycles. The van der Waals surface area contributed by atoms with Gasteiger partial charge in [-0.3, -0.25) is 4.98 Å². The lowest BCUT2D eigenvalue weighted by molar-refractivity contribution is 0.227. The molecule has 1 aliphatic rings. The summed E-state index contributed by atoms with van der Waals surface area (Å²) in [5.74, 6) is 0.531. The second-order valence-corrected chi connectivity index (χ2v) is 7.46. The molecule has 0 atom stereocenters. The molecular formula is C13H21N3O2S. The van der Waals surface area contributed by atoms with Crippen LogP contribution in [0.15, 0.2) is 24.4 Å². The summed E-state index contributed by atoms with van der Waals surface area (Å²) in [6.45, 7) is 0.582. The topological polar surface area (TPSA) is 76.3 Å². The highest BCUT2D eigenvalue weighted by Gasteiger charge is 2.29. The predicted molar refractivity (Wildman–Crippen MR) is 75.1 cm³/mol. The molecule has 1 heterocycles. The number of hydrogen-bond acceptors (Lipinski definition) is 4. The SMILES string of the molecule is CN(CC1CC(N)C1)S(=O)(=O)CCc1ccccn1. The van der Waals surface area contributed by atoms with Crippen molar-refractivity contribution in [3.63, 3.8) is 0 Å². The minimum Gasteiger partial charge on any atom is -0.328 e. The molecule has 0 spiro atoms. The van der Waals surface area contributed by atoms with Gasteiger partial charge in [-0.05, 0) is 30.9 Å². The van der Waals surface area contributed by atoms with E-state index in [-0.39, 0.29) is 11.8 Å². The summed E-state index contributed by atoms with van der Waals surface area (Å²) in [5, 5.41) is 0. The van der Waals surface area contributed by atoms with Crippen LogP contribution in [-0.2, 0) is 16.4 Å². The minimum absolute atomic E-state index is 0.110. The van der Waals surface area contributed by atoms with Crippen LogP contribution in [0.5, 0.6) is 0 Å². The fourth-order valence-electron chi connectivity index (χ4n) is 2.35. The zero-order valence-electron chi connectivity index (χ0n) is 11.2. The molecule has 2 N–H and O–H groups in total. The van der Waals surface area contributed by atoms with Gasteiger partial charge in [0.1, 0.15) is 0 Å². The summed E-state index contributed by atoms with van der Waals surface area (Å²) in [6.07, 6.45) is 4.00. The highest BCUT2D eigenvalue weighted by atomic mass is 32.2. The third-order valence-corrected chi connectivity index (χ3v) is 5.42.